The van der Waals surface area contributed by atoms with Gasteiger partial charge in [0.1, 0.15) is 0 Å². The summed E-state index contributed by atoms with van der Waals surface area (Å²) < 4.78 is 26.1. The number of alkyl halides is 2. The zero-order valence-corrected chi connectivity index (χ0v) is 16.0. The Balaban J connectivity index is 1.72. The van der Waals surface area contributed by atoms with E-state index in [-0.39, 0.29) is 11.3 Å². The van der Waals surface area contributed by atoms with Crippen LogP contribution in [-0.4, -0.2) is 6.43 Å². The minimum atomic E-state index is -2.14. The van der Waals surface area contributed by atoms with Gasteiger partial charge in [-0.15, -0.1) is 0 Å². The van der Waals surface area contributed by atoms with Crippen LogP contribution in [0.5, 0.6) is 0 Å². The Bertz CT molecular complexity index is 608. The van der Waals surface area contributed by atoms with Crippen molar-refractivity contribution in [1.29, 1.82) is 0 Å². The summed E-state index contributed by atoms with van der Waals surface area (Å²) in [5.74, 6) is 0.182. The zero-order chi connectivity index (χ0) is 18.4. The van der Waals surface area contributed by atoms with Crippen LogP contribution >= 0.6 is 0 Å². The number of hydrogen-bond acceptors (Lipinski definition) is 0. The van der Waals surface area contributed by atoms with Crippen LogP contribution in [0.15, 0.2) is 48.6 Å². The van der Waals surface area contributed by atoms with Crippen molar-refractivity contribution < 1.29 is 8.78 Å². The highest BCUT2D eigenvalue weighted by Crippen LogP contribution is 2.50. The van der Waals surface area contributed by atoms with E-state index < -0.39 is 6.43 Å². The molecule has 0 radical (unpaired) electrons. The molecule has 26 heavy (non-hydrogen) atoms. The van der Waals surface area contributed by atoms with Gasteiger partial charge in [-0.3, -0.25) is 0 Å². The molecule has 0 heterocycles. The van der Waals surface area contributed by atoms with Crippen LogP contribution in [0, 0.1) is 17.3 Å². The molecule has 0 spiro atoms. The third kappa shape index (κ3) is 4.45. The highest BCUT2D eigenvalue weighted by Gasteiger charge is 2.40. The van der Waals surface area contributed by atoms with Crippen molar-refractivity contribution in [2.24, 2.45) is 17.3 Å². The highest BCUT2D eigenvalue weighted by atomic mass is 19.3. The highest BCUT2D eigenvalue weighted by molar-refractivity contribution is 5.75. The summed E-state index contributed by atoms with van der Waals surface area (Å²) in [5, 5.41) is 0. The molecule has 2 aliphatic rings. The van der Waals surface area contributed by atoms with Crippen LogP contribution < -0.4 is 0 Å². The summed E-state index contributed by atoms with van der Waals surface area (Å²) in [6.45, 7) is 2.24. The van der Waals surface area contributed by atoms with E-state index >= 15 is 0 Å². The molecule has 0 N–H and O–H groups in total. The molecule has 0 aliphatic heterocycles. The fraction of sp³-hybridized carbons (Fsp3) is 0.583. The molecule has 0 amide bonds. The van der Waals surface area contributed by atoms with Crippen molar-refractivity contribution in [3.8, 4) is 0 Å². The van der Waals surface area contributed by atoms with E-state index in [0.29, 0.717) is 18.8 Å². The van der Waals surface area contributed by atoms with Gasteiger partial charge in [-0.05, 0) is 61.0 Å². The quantitative estimate of drug-likeness (QED) is 0.439. The molecule has 3 rings (SSSR count). The topological polar surface area (TPSA) is 0 Å². The molecule has 142 valence electrons. The Morgan fingerprint density at radius 1 is 1.04 bits per heavy atom. The van der Waals surface area contributed by atoms with Crippen LogP contribution in [0.2, 0.25) is 0 Å². The van der Waals surface area contributed by atoms with Crippen molar-refractivity contribution in [1.82, 2.24) is 0 Å². The second-order valence-electron chi connectivity index (χ2n) is 8.20. The molecule has 0 aromatic heterocycles. The standard InChI is InChI=1S/C24H32F2/c1-2-3-7-16-24(22-12-10-21(11-13-22)23(25)26)17-14-20(15-18-24)19-8-5-4-6-9-19/h4-6,8-9,14-15,17,21-23H,2-3,7,10-13,16,18H2,1H3. The number of unbranched alkanes of at least 4 members (excludes halogenated alkanes) is 2. The van der Waals surface area contributed by atoms with Gasteiger partial charge in [0.2, 0.25) is 6.43 Å². The predicted octanol–water partition coefficient (Wildman–Crippen LogP) is 7.67. The van der Waals surface area contributed by atoms with Crippen LogP contribution in [-0.2, 0) is 0 Å². The first kappa shape index (κ1) is 19.3. The first-order chi connectivity index (χ1) is 12.6. The second kappa shape index (κ2) is 8.97. The van der Waals surface area contributed by atoms with Gasteiger partial charge < -0.3 is 0 Å². The molecular formula is C24H32F2. The lowest BCUT2D eigenvalue weighted by Gasteiger charge is -2.43. The molecule has 0 saturated heterocycles. The maximum absolute atomic E-state index is 13.0. The molecule has 1 aromatic carbocycles. The molecule has 0 nitrogen and oxygen atoms in total. The third-order valence-electron chi connectivity index (χ3n) is 6.59. The smallest absolute Gasteiger partial charge is 0.210 e. The molecule has 1 unspecified atom stereocenters. The van der Waals surface area contributed by atoms with Crippen molar-refractivity contribution in [3.63, 3.8) is 0 Å². The molecule has 2 aliphatic carbocycles. The largest absolute Gasteiger partial charge is 0.241 e. The Morgan fingerprint density at radius 2 is 1.77 bits per heavy atom. The number of halogens is 2. The maximum atomic E-state index is 13.0. The van der Waals surface area contributed by atoms with E-state index in [9.17, 15) is 8.78 Å². The summed E-state index contributed by atoms with van der Waals surface area (Å²) in [6, 6.07) is 10.5. The number of rotatable bonds is 7. The molecule has 2 heteroatoms. The fourth-order valence-electron chi connectivity index (χ4n) is 4.88. The average Bonchev–Trinajstić information content (AvgIpc) is 2.69. The maximum Gasteiger partial charge on any atom is 0.241 e. The zero-order valence-electron chi connectivity index (χ0n) is 16.0. The minimum Gasteiger partial charge on any atom is -0.210 e. The van der Waals surface area contributed by atoms with Gasteiger partial charge in [0.05, 0.1) is 0 Å². The Hall–Kier alpha value is -1.44. The van der Waals surface area contributed by atoms with E-state index in [1.807, 2.05) is 6.07 Å². The van der Waals surface area contributed by atoms with Crippen LogP contribution in [0.1, 0.15) is 70.3 Å². The summed E-state index contributed by atoms with van der Waals surface area (Å²) in [7, 11) is 0. The lowest BCUT2D eigenvalue weighted by molar-refractivity contribution is 0.0280. The molecule has 0 bridgehead atoms. The summed E-state index contributed by atoms with van der Waals surface area (Å²) in [5.41, 5.74) is 2.76. The Morgan fingerprint density at radius 3 is 2.35 bits per heavy atom. The Kier molecular flexibility index (Phi) is 6.67. The molecule has 1 fully saturated rings. The number of allylic oxidation sites excluding steroid dienone is 4. The monoisotopic (exact) mass is 358 g/mol. The van der Waals surface area contributed by atoms with Gasteiger partial charge in [-0.2, -0.15) is 0 Å². The normalized spacial score (nSPS) is 29.0. The van der Waals surface area contributed by atoms with Crippen molar-refractivity contribution in [3.05, 3.63) is 54.1 Å². The van der Waals surface area contributed by atoms with Crippen molar-refractivity contribution >= 4 is 5.57 Å². The Labute approximate surface area is 157 Å². The van der Waals surface area contributed by atoms with Gasteiger partial charge >= 0.3 is 0 Å². The molecule has 1 atom stereocenters. The summed E-state index contributed by atoms with van der Waals surface area (Å²) in [4.78, 5) is 0. The van der Waals surface area contributed by atoms with Crippen LogP contribution in [0.25, 0.3) is 5.57 Å². The van der Waals surface area contributed by atoms with E-state index in [1.165, 1.54) is 36.8 Å². The van der Waals surface area contributed by atoms with Crippen LogP contribution in [0.3, 0.4) is 0 Å². The first-order valence-electron chi connectivity index (χ1n) is 10.4. The molecular weight excluding hydrogens is 326 g/mol. The van der Waals surface area contributed by atoms with Crippen LogP contribution in [0.4, 0.5) is 8.78 Å². The minimum absolute atomic E-state index is 0.181. The van der Waals surface area contributed by atoms with Gasteiger partial charge in [0, 0.05) is 5.92 Å². The van der Waals surface area contributed by atoms with Crippen molar-refractivity contribution in [2.75, 3.05) is 0 Å². The first-order valence-corrected chi connectivity index (χ1v) is 10.4. The third-order valence-corrected chi connectivity index (χ3v) is 6.59. The lowest BCUT2D eigenvalue weighted by atomic mass is 9.61. The second-order valence-corrected chi connectivity index (χ2v) is 8.20. The average molecular weight is 359 g/mol. The van der Waals surface area contributed by atoms with Gasteiger partial charge in [-0.1, -0.05) is 74.7 Å². The molecule has 1 aromatic rings. The predicted molar refractivity (Wildman–Crippen MR) is 106 cm³/mol. The van der Waals surface area contributed by atoms with Crippen molar-refractivity contribution in [2.45, 2.75) is 71.1 Å². The number of hydrogen-bond donors (Lipinski definition) is 0. The van der Waals surface area contributed by atoms with E-state index in [4.69, 9.17) is 0 Å². The van der Waals surface area contributed by atoms with Gasteiger partial charge in [-0.25, -0.2) is 8.78 Å². The fourth-order valence-corrected chi connectivity index (χ4v) is 4.88. The van der Waals surface area contributed by atoms with Gasteiger partial charge in [0.25, 0.3) is 0 Å². The summed E-state index contributed by atoms with van der Waals surface area (Å²) >= 11 is 0. The van der Waals surface area contributed by atoms with E-state index in [1.54, 1.807) is 0 Å². The SMILES string of the molecule is CCCCCC1(C2CCC(C(F)F)CC2)C=CC(c2ccccc2)=CC1. The van der Waals surface area contributed by atoms with Gasteiger partial charge in [0.15, 0.2) is 0 Å². The summed E-state index contributed by atoms with van der Waals surface area (Å²) in [6.07, 6.45) is 14.3. The lowest BCUT2D eigenvalue weighted by Crippen LogP contribution is -2.34. The van der Waals surface area contributed by atoms with E-state index in [0.717, 1.165) is 19.3 Å². The number of benzene rings is 1. The van der Waals surface area contributed by atoms with E-state index in [2.05, 4.69) is 49.4 Å². The molecule has 1 saturated carbocycles.